The topological polar surface area (TPSA) is 119 Å². The number of para-hydroxylation sites is 1. The Bertz CT molecular complexity index is 966. The minimum absolute atomic E-state index is 0.0969. The number of aromatic nitrogens is 2. The van der Waals surface area contributed by atoms with Gasteiger partial charge >= 0.3 is 0 Å². The normalized spacial score (nSPS) is 10.7. The van der Waals surface area contributed by atoms with Crippen molar-refractivity contribution in [2.75, 3.05) is 6.54 Å². The summed E-state index contributed by atoms with van der Waals surface area (Å²) in [4.78, 5) is 23.8. The molecule has 0 fully saturated rings. The molecular formula is C19H17N5O3. The Balaban J connectivity index is 1.54. The number of carbonyl (C=O) groups is 2. The van der Waals surface area contributed by atoms with Crippen LogP contribution in [0.1, 0.15) is 15.9 Å². The molecule has 0 aliphatic heterocycles. The Morgan fingerprint density at radius 1 is 1.11 bits per heavy atom. The van der Waals surface area contributed by atoms with Crippen molar-refractivity contribution in [3.05, 3.63) is 71.9 Å². The van der Waals surface area contributed by atoms with Crippen LogP contribution in [-0.4, -0.2) is 39.9 Å². The number of nitrogens with one attached hydrogen (secondary N) is 3. The van der Waals surface area contributed by atoms with Gasteiger partial charge in [0.15, 0.2) is 0 Å². The van der Waals surface area contributed by atoms with Crippen LogP contribution < -0.4 is 10.7 Å². The number of phenols is 1. The molecule has 3 rings (SSSR count). The number of nitrogens with zero attached hydrogens (tertiary/aromatic N) is 2. The largest absolute Gasteiger partial charge is 0.507 e. The molecular weight excluding hydrogens is 346 g/mol. The molecule has 0 bridgehead atoms. The number of rotatable bonds is 6. The summed E-state index contributed by atoms with van der Waals surface area (Å²) in [5, 5.41) is 22.8. The van der Waals surface area contributed by atoms with E-state index in [2.05, 4.69) is 26.0 Å². The molecule has 4 N–H and O–H groups in total. The van der Waals surface area contributed by atoms with Crippen molar-refractivity contribution in [3.8, 4) is 17.0 Å². The van der Waals surface area contributed by atoms with E-state index in [-0.39, 0.29) is 17.9 Å². The number of benzene rings is 2. The van der Waals surface area contributed by atoms with E-state index < -0.39 is 11.8 Å². The molecule has 2 amide bonds. The van der Waals surface area contributed by atoms with Gasteiger partial charge in [-0.1, -0.05) is 42.5 Å². The van der Waals surface area contributed by atoms with Crippen LogP contribution in [0.3, 0.4) is 0 Å². The molecule has 0 aliphatic carbocycles. The molecule has 1 heterocycles. The van der Waals surface area contributed by atoms with Crippen LogP contribution in [0.25, 0.3) is 11.3 Å². The molecule has 0 saturated carbocycles. The van der Waals surface area contributed by atoms with Gasteiger partial charge in [-0.15, -0.1) is 0 Å². The second kappa shape index (κ2) is 8.43. The van der Waals surface area contributed by atoms with Crippen LogP contribution in [0.15, 0.2) is 65.9 Å². The number of amides is 2. The molecule has 0 spiro atoms. The number of aromatic amines is 1. The van der Waals surface area contributed by atoms with Crippen molar-refractivity contribution in [1.29, 1.82) is 0 Å². The van der Waals surface area contributed by atoms with Gasteiger partial charge in [0.05, 0.1) is 30.2 Å². The number of H-pyrrole nitrogens is 1. The van der Waals surface area contributed by atoms with Crippen LogP contribution in [0.2, 0.25) is 0 Å². The second-order valence-electron chi connectivity index (χ2n) is 5.56. The molecule has 0 radical (unpaired) electrons. The lowest BCUT2D eigenvalue weighted by Crippen LogP contribution is -2.34. The van der Waals surface area contributed by atoms with Crippen LogP contribution in [0.4, 0.5) is 0 Å². The number of aromatic hydroxyl groups is 1. The Morgan fingerprint density at radius 2 is 1.85 bits per heavy atom. The highest BCUT2D eigenvalue weighted by Gasteiger charge is 2.11. The summed E-state index contributed by atoms with van der Waals surface area (Å²) >= 11 is 0. The predicted molar refractivity (Wildman–Crippen MR) is 100 cm³/mol. The summed E-state index contributed by atoms with van der Waals surface area (Å²) in [6.07, 6.45) is 3.06. The maximum atomic E-state index is 11.9. The van der Waals surface area contributed by atoms with Gasteiger partial charge in [-0.2, -0.15) is 10.2 Å². The number of hydrazone groups is 1. The first-order chi connectivity index (χ1) is 13.1. The smallest absolute Gasteiger partial charge is 0.259 e. The molecule has 136 valence electrons. The van der Waals surface area contributed by atoms with Crippen molar-refractivity contribution in [3.63, 3.8) is 0 Å². The fourth-order valence-corrected chi connectivity index (χ4v) is 2.36. The summed E-state index contributed by atoms with van der Waals surface area (Å²) in [5.74, 6) is -1.20. The number of carbonyl (C=O) groups excluding carboxylic acids is 2. The number of hydrogen-bond donors (Lipinski definition) is 4. The number of hydrogen-bond acceptors (Lipinski definition) is 5. The summed E-state index contributed by atoms with van der Waals surface area (Å²) in [6.45, 7) is -0.276. The molecule has 1 aromatic heterocycles. The molecule has 8 heteroatoms. The zero-order chi connectivity index (χ0) is 19.1. The third-order valence-electron chi connectivity index (χ3n) is 3.68. The maximum absolute atomic E-state index is 11.9. The lowest BCUT2D eigenvalue weighted by Gasteiger charge is -2.05. The van der Waals surface area contributed by atoms with Gasteiger partial charge in [0.1, 0.15) is 5.75 Å². The van der Waals surface area contributed by atoms with Gasteiger partial charge in [-0.05, 0) is 12.1 Å². The van der Waals surface area contributed by atoms with E-state index in [9.17, 15) is 14.7 Å². The van der Waals surface area contributed by atoms with Gasteiger partial charge in [0.25, 0.3) is 11.8 Å². The minimum atomic E-state index is -0.548. The Kier molecular flexibility index (Phi) is 5.58. The van der Waals surface area contributed by atoms with E-state index in [4.69, 9.17) is 0 Å². The average Bonchev–Trinajstić information content (AvgIpc) is 3.16. The van der Waals surface area contributed by atoms with E-state index in [1.807, 2.05) is 30.3 Å². The quantitative estimate of drug-likeness (QED) is 0.393. The van der Waals surface area contributed by atoms with Crippen molar-refractivity contribution >= 4 is 18.0 Å². The van der Waals surface area contributed by atoms with E-state index in [1.54, 1.807) is 18.3 Å². The van der Waals surface area contributed by atoms with E-state index in [1.165, 1.54) is 18.3 Å². The van der Waals surface area contributed by atoms with E-state index in [0.717, 1.165) is 11.3 Å². The standard InChI is InChI=1S/C19H17N5O3/c25-16-9-5-4-8-15(16)19(27)20-12-17(26)23-21-10-14-11-22-24-18(14)13-6-2-1-3-7-13/h1-11,25H,12H2,(H,20,27)(H,22,24)(H,23,26)/b21-10+. The summed E-state index contributed by atoms with van der Waals surface area (Å²) in [6, 6.07) is 15.7. The molecule has 0 saturated heterocycles. The van der Waals surface area contributed by atoms with Crippen molar-refractivity contribution < 1.29 is 14.7 Å². The highest BCUT2D eigenvalue weighted by molar-refractivity contribution is 5.98. The molecule has 27 heavy (non-hydrogen) atoms. The third-order valence-corrected chi connectivity index (χ3v) is 3.68. The lowest BCUT2D eigenvalue weighted by molar-refractivity contribution is -0.120. The first-order valence-corrected chi connectivity index (χ1v) is 8.12. The first-order valence-electron chi connectivity index (χ1n) is 8.12. The molecule has 2 aromatic carbocycles. The van der Waals surface area contributed by atoms with E-state index in [0.29, 0.717) is 5.56 Å². The van der Waals surface area contributed by atoms with Gasteiger partial charge in [0, 0.05) is 11.1 Å². The van der Waals surface area contributed by atoms with Gasteiger partial charge in [-0.25, -0.2) is 5.43 Å². The van der Waals surface area contributed by atoms with Crippen molar-refractivity contribution in [1.82, 2.24) is 20.9 Å². The monoisotopic (exact) mass is 363 g/mol. The Hall–Kier alpha value is -3.94. The summed E-state index contributed by atoms with van der Waals surface area (Å²) < 4.78 is 0. The number of phenolic OH excluding ortho intramolecular Hbond substituents is 1. The van der Waals surface area contributed by atoms with E-state index >= 15 is 0 Å². The van der Waals surface area contributed by atoms with Crippen LogP contribution in [-0.2, 0) is 4.79 Å². The minimum Gasteiger partial charge on any atom is -0.507 e. The maximum Gasteiger partial charge on any atom is 0.259 e. The van der Waals surface area contributed by atoms with Crippen LogP contribution in [0, 0.1) is 0 Å². The summed E-state index contributed by atoms with van der Waals surface area (Å²) in [7, 11) is 0. The highest BCUT2D eigenvalue weighted by Crippen LogP contribution is 2.19. The Morgan fingerprint density at radius 3 is 2.63 bits per heavy atom. The molecule has 0 unspecified atom stereocenters. The second-order valence-corrected chi connectivity index (χ2v) is 5.56. The molecule has 3 aromatic rings. The highest BCUT2D eigenvalue weighted by atomic mass is 16.3. The lowest BCUT2D eigenvalue weighted by atomic mass is 10.1. The average molecular weight is 363 g/mol. The molecule has 0 aliphatic rings. The SMILES string of the molecule is O=C(CNC(=O)c1ccccc1O)N/N=C/c1cn[nH]c1-c1ccccc1. The molecule has 0 atom stereocenters. The van der Waals surface area contributed by atoms with Crippen molar-refractivity contribution in [2.24, 2.45) is 5.10 Å². The fraction of sp³-hybridized carbons (Fsp3) is 0.0526. The Labute approximate surface area is 154 Å². The van der Waals surface area contributed by atoms with Gasteiger partial charge < -0.3 is 10.4 Å². The van der Waals surface area contributed by atoms with Crippen molar-refractivity contribution in [2.45, 2.75) is 0 Å². The predicted octanol–water partition coefficient (Wildman–Crippen LogP) is 1.66. The zero-order valence-electron chi connectivity index (χ0n) is 14.2. The summed E-state index contributed by atoms with van der Waals surface area (Å²) in [5.41, 5.74) is 4.86. The fourth-order valence-electron chi connectivity index (χ4n) is 2.36. The van der Waals surface area contributed by atoms with Gasteiger partial charge in [0.2, 0.25) is 0 Å². The molecule has 8 nitrogen and oxygen atoms in total. The first kappa shape index (κ1) is 17.9. The van der Waals surface area contributed by atoms with Crippen LogP contribution >= 0.6 is 0 Å². The third kappa shape index (κ3) is 4.57. The van der Waals surface area contributed by atoms with Crippen LogP contribution in [0.5, 0.6) is 5.75 Å². The van der Waals surface area contributed by atoms with Gasteiger partial charge in [-0.3, -0.25) is 14.7 Å². The zero-order valence-corrected chi connectivity index (χ0v) is 14.2.